The zero-order chi connectivity index (χ0) is 14.5. The van der Waals surface area contributed by atoms with Crippen molar-refractivity contribution in [3.05, 3.63) is 53.9 Å². The number of ether oxygens (including phenoxy) is 1. The quantitative estimate of drug-likeness (QED) is 0.838. The first-order valence-corrected chi connectivity index (χ1v) is 6.33. The Labute approximate surface area is 117 Å². The van der Waals surface area contributed by atoms with Crippen LogP contribution >= 0.6 is 0 Å². The van der Waals surface area contributed by atoms with E-state index in [1.807, 2.05) is 47.3 Å². The van der Waals surface area contributed by atoms with E-state index in [2.05, 4.69) is 0 Å². The van der Waals surface area contributed by atoms with Gasteiger partial charge in [0.15, 0.2) is 0 Å². The van der Waals surface area contributed by atoms with Gasteiger partial charge < -0.3 is 20.1 Å². The number of nitrogens with two attached hydrogens (primary N) is 1. The van der Waals surface area contributed by atoms with E-state index < -0.39 is 12.0 Å². The highest BCUT2D eigenvalue weighted by molar-refractivity contribution is 5.73. The largest absolute Gasteiger partial charge is 0.480 e. The summed E-state index contributed by atoms with van der Waals surface area (Å²) >= 11 is 0. The predicted molar refractivity (Wildman–Crippen MR) is 75.8 cm³/mol. The predicted octanol–water partition coefficient (Wildman–Crippen LogP) is 1.58. The molecule has 0 amide bonds. The van der Waals surface area contributed by atoms with Gasteiger partial charge in [-0.15, -0.1) is 0 Å². The molecule has 1 atom stereocenters. The second-order valence-corrected chi connectivity index (χ2v) is 4.68. The Bertz CT molecular complexity index is 575. The second kappa shape index (κ2) is 6.36. The summed E-state index contributed by atoms with van der Waals surface area (Å²) in [4.78, 5) is 10.7. The van der Waals surface area contributed by atoms with Crippen LogP contribution in [0.15, 0.2) is 42.7 Å². The molecule has 0 bridgehead atoms. The van der Waals surface area contributed by atoms with E-state index in [1.54, 1.807) is 7.11 Å². The standard InChI is InChI=1S/C15H18N2O3/c1-20-10-12-6-7-17(9-12)13-4-2-11(3-5-13)8-14(16)15(18)19/h2-7,9,14H,8,10,16H2,1H3,(H,18,19)/t14-/m0/s1. The van der Waals surface area contributed by atoms with Gasteiger partial charge in [-0.2, -0.15) is 0 Å². The summed E-state index contributed by atoms with van der Waals surface area (Å²) in [6.07, 6.45) is 4.30. The number of aromatic nitrogens is 1. The molecule has 1 heterocycles. The van der Waals surface area contributed by atoms with Gasteiger partial charge in [0.1, 0.15) is 6.04 Å². The Hall–Kier alpha value is -2.11. The van der Waals surface area contributed by atoms with Crippen molar-refractivity contribution in [3.8, 4) is 5.69 Å². The summed E-state index contributed by atoms with van der Waals surface area (Å²) in [7, 11) is 1.66. The highest BCUT2D eigenvalue weighted by atomic mass is 16.5. The van der Waals surface area contributed by atoms with Crippen LogP contribution in [0.25, 0.3) is 5.69 Å². The van der Waals surface area contributed by atoms with Crippen molar-refractivity contribution in [2.75, 3.05) is 7.11 Å². The third-order valence-electron chi connectivity index (χ3n) is 3.07. The van der Waals surface area contributed by atoms with Crippen molar-refractivity contribution in [2.24, 2.45) is 5.73 Å². The number of rotatable bonds is 6. The van der Waals surface area contributed by atoms with E-state index >= 15 is 0 Å². The summed E-state index contributed by atoms with van der Waals surface area (Å²) in [5, 5.41) is 8.79. The maximum atomic E-state index is 10.7. The number of hydrogen-bond acceptors (Lipinski definition) is 3. The highest BCUT2D eigenvalue weighted by Gasteiger charge is 2.11. The van der Waals surface area contributed by atoms with Crippen LogP contribution in [0.4, 0.5) is 0 Å². The van der Waals surface area contributed by atoms with Crippen LogP contribution in [-0.4, -0.2) is 28.8 Å². The summed E-state index contributed by atoms with van der Waals surface area (Å²) in [6.45, 7) is 0.582. The van der Waals surface area contributed by atoms with E-state index in [0.29, 0.717) is 13.0 Å². The van der Waals surface area contributed by atoms with E-state index in [0.717, 1.165) is 16.8 Å². The smallest absolute Gasteiger partial charge is 0.320 e. The molecule has 0 unspecified atom stereocenters. The molecule has 5 heteroatoms. The zero-order valence-corrected chi connectivity index (χ0v) is 11.3. The lowest BCUT2D eigenvalue weighted by Gasteiger charge is -2.08. The lowest BCUT2D eigenvalue weighted by Crippen LogP contribution is -2.32. The normalized spacial score (nSPS) is 12.3. The van der Waals surface area contributed by atoms with Gasteiger partial charge in [0.25, 0.3) is 0 Å². The van der Waals surface area contributed by atoms with Crippen LogP contribution < -0.4 is 5.73 Å². The molecule has 0 saturated carbocycles. The molecule has 5 nitrogen and oxygen atoms in total. The Kier molecular flexibility index (Phi) is 4.55. The molecule has 0 aliphatic heterocycles. The lowest BCUT2D eigenvalue weighted by molar-refractivity contribution is -0.138. The van der Waals surface area contributed by atoms with Gasteiger partial charge in [-0.25, -0.2) is 0 Å². The number of aliphatic carboxylic acids is 1. The minimum absolute atomic E-state index is 0.330. The minimum atomic E-state index is -0.983. The summed E-state index contributed by atoms with van der Waals surface area (Å²) in [5.74, 6) is -0.983. The fourth-order valence-corrected chi connectivity index (χ4v) is 2.00. The van der Waals surface area contributed by atoms with Crippen molar-refractivity contribution >= 4 is 5.97 Å². The average molecular weight is 274 g/mol. The van der Waals surface area contributed by atoms with Gasteiger partial charge in [-0.05, 0) is 35.7 Å². The first-order chi connectivity index (χ1) is 9.60. The van der Waals surface area contributed by atoms with Crippen LogP contribution in [0, 0.1) is 0 Å². The molecule has 0 radical (unpaired) electrons. The molecule has 0 fully saturated rings. The molecule has 1 aromatic carbocycles. The zero-order valence-electron chi connectivity index (χ0n) is 11.3. The average Bonchev–Trinajstić information content (AvgIpc) is 2.88. The Morgan fingerprint density at radius 1 is 1.30 bits per heavy atom. The second-order valence-electron chi connectivity index (χ2n) is 4.68. The summed E-state index contributed by atoms with van der Waals surface area (Å²) < 4.78 is 7.07. The monoisotopic (exact) mass is 274 g/mol. The number of carbonyl (C=O) groups is 1. The molecule has 2 aromatic rings. The molecule has 1 aromatic heterocycles. The minimum Gasteiger partial charge on any atom is -0.480 e. The van der Waals surface area contributed by atoms with E-state index in [1.165, 1.54) is 0 Å². The van der Waals surface area contributed by atoms with Gasteiger partial charge in [0.05, 0.1) is 6.61 Å². The molecule has 3 N–H and O–H groups in total. The highest BCUT2D eigenvalue weighted by Crippen LogP contribution is 2.13. The third kappa shape index (κ3) is 3.46. The summed E-state index contributed by atoms with van der Waals surface area (Å²) in [6, 6.07) is 8.82. The molecule has 0 saturated heterocycles. The summed E-state index contributed by atoms with van der Waals surface area (Å²) in [5.41, 5.74) is 8.54. The Morgan fingerprint density at radius 2 is 2.00 bits per heavy atom. The van der Waals surface area contributed by atoms with Crippen molar-refractivity contribution in [2.45, 2.75) is 19.1 Å². The van der Waals surface area contributed by atoms with Gasteiger partial charge in [-0.1, -0.05) is 12.1 Å². The SMILES string of the molecule is COCc1ccn(-c2ccc(C[C@H](N)C(=O)O)cc2)c1. The molecular formula is C15H18N2O3. The van der Waals surface area contributed by atoms with Crippen LogP contribution in [0.2, 0.25) is 0 Å². The van der Waals surface area contributed by atoms with E-state index in [4.69, 9.17) is 15.6 Å². The molecular weight excluding hydrogens is 256 g/mol. The molecule has 0 aliphatic rings. The first-order valence-electron chi connectivity index (χ1n) is 6.33. The van der Waals surface area contributed by atoms with Crippen molar-refractivity contribution in [3.63, 3.8) is 0 Å². The van der Waals surface area contributed by atoms with E-state index in [9.17, 15) is 4.79 Å². The number of hydrogen-bond donors (Lipinski definition) is 2. The van der Waals surface area contributed by atoms with Crippen LogP contribution in [-0.2, 0) is 22.6 Å². The number of carboxylic acids is 1. The van der Waals surface area contributed by atoms with Crippen molar-refractivity contribution < 1.29 is 14.6 Å². The maximum Gasteiger partial charge on any atom is 0.320 e. The van der Waals surface area contributed by atoms with Gasteiger partial charge in [0.2, 0.25) is 0 Å². The number of nitrogens with zero attached hydrogens (tertiary/aromatic N) is 1. The molecule has 106 valence electrons. The molecule has 0 spiro atoms. The number of benzene rings is 1. The molecule has 0 aliphatic carbocycles. The third-order valence-corrected chi connectivity index (χ3v) is 3.07. The van der Waals surface area contributed by atoms with Crippen LogP contribution in [0.3, 0.4) is 0 Å². The Balaban J connectivity index is 2.09. The lowest BCUT2D eigenvalue weighted by atomic mass is 10.1. The maximum absolute atomic E-state index is 10.7. The molecule has 2 rings (SSSR count). The Morgan fingerprint density at radius 3 is 2.60 bits per heavy atom. The first kappa shape index (κ1) is 14.3. The van der Waals surface area contributed by atoms with Crippen molar-refractivity contribution in [1.82, 2.24) is 4.57 Å². The fraction of sp³-hybridized carbons (Fsp3) is 0.267. The van der Waals surface area contributed by atoms with Gasteiger partial charge in [0, 0.05) is 25.2 Å². The number of carboxylic acid groups (broad SMARTS) is 1. The number of methoxy groups -OCH3 is 1. The van der Waals surface area contributed by atoms with Gasteiger partial charge in [-0.3, -0.25) is 4.79 Å². The van der Waals surface area contributed by atoms with Crippen LogP contribution in [0.5, 0.6) is 0 Å². The molecule has 20 heavy (non-hydrogen) atoms. The van der Waals surface area contributed by atoms with Gasteiger partial charge >= 0.3 is 5.97 Å². The van der Waals surface area contributed by atoms with Crippen molar-refractivity contribution in [1.29, 1.82) is 0 Å². The fourth-order valence-electron chi connectivity index (χ4n) is 2.00. The van der Waals surface area contributed by atoms with E-state index in [-0.39, 0.29) is 0 Å². The topological polar surface area (TPSA) is 77.5 Å². The van der Waals surface area contributed by atoms with Crippen LogP contribution in [0.1, 0.15) is 11.1 Å².